The molecule has 2 amide bonds. The van der Waals surface area contributed by atoms with E-state index >= 15 is 0 Å². The zero-order chi connectivity index (χ0) is 31.1. The van der Waals surface area contributed by atoms with Crippen LogP contribution in [0, 0.1) is 5.82 Å². The SMILES string of the molecule is COc1ccc(-c2nnn(CC(=O)N(Cc3ccccc3Cl)[C@H](C(=O)NC3CCCCC3)c3ccc(F)cc3)n2)cc1OC. The molecule has 5 rings (SSSR count). The van der Waals surface area contributed by atoms with Crippen LogP contribution >= 0.6 is 11.6 Å². The first kappa shape index (κ1) is 30.9. The van der Waals surface area contributed by atoms with Gasteiger partial charge in [-0.1, -0.05) is 61.2 Å². The summed E-state index contributed by atoms with van der Waals surface area (Å²) in [7, 11) is 3.07. The molecule has 1 N–H and O–H groups in total. The van der Waals surface area contributed by atoms with Crippen molar-refractivity contribution >= 4 is 23.4 Å². The number of carbonyl (C=O) groups is 2. The maximum absolute atomic E-state index is 14.1. The minimum Gasteiger partial charge on any atom is -0.493 e. The Balaban J connectivity index is 1.47. The third-order valence-corrected chi connectivity index (χ3v) is 8.06. The number of carbonyl (C=O) groups excluding carboxylic acids is 2. The van der Waals surface area contributed by atoms with Gasteiger partial charge in [-0.2, -0.15) is 4.80 Å². The molecule has 230 valence electrons. The van der Waals surface area contributed by atoms with E-state index in [1.807, 2.05) is 6.07 Å². The molecule has 1 aliphatic rings. The summed E-state index contributed by atoms with van der Waals surface area (Å²) in [6.45, 7) is -0.283. The lowest BCUT2D eigenvalue weighted by atomic mass is 9.94. The van der Waals surface area contributed by atoms with E-state index in [0.717, 1.165) is 32.1 Å². The molecule has 3 aromatic carbocycles. The summed E-state index contributed by atoms with van der Waals surface area (Å²) in [4.78, 5) is 30.7. The first-order valence-electron chi connectivity index (χ1n) is 14.4. The molecule has 10 nitrogen and oxygen atoms in total. The third-order valence-electron chi connectivity index (χ3n) is 7.69. The van der Waals surface area contributed by atoms with Crippen molar-refractivity contribution in [3.05, 3.63) is 88.7 Å². The monoisotopic (exact) mass is 620 g/mol. The van der Waals surface area contributed by atoms with E-state index in [0.29, 0.717) is 33.2 Å². The van der Waals surface area contributed by atoms with Crippen LogP contribution in [0.25, 0.3) is 11.4 Å². The van der Waals surface area contributed by atoms with Crippen molar-refractivity contribution in [2.45, 2.75) is 57.3 Å². The molecular formula is C32H34ClFN6O4. The van der Waals surface area contributed by atoms with E-state index in [9.17, 15) is 14.0 Å². The van der Waals surface area contributed by atoms with Gasteiger partial charge in [-0.05, 0) is 65.6 Å². The van der Waals surface area contributed by atoms with Crippen LogP contribution in [0.15, 0.2) is 66.7 Å². The van der Waals surface area contributed by atoms with Gasteiger partial charge in [0.05, 0.1) is 14.2 Å². The Bertz CT molecular complexity index is 1590. The quantitative estimate of drug-likeness (QED) is 0.240. The molecule has 0 spiro atoms. The summed E-state index contributed by atoms with van der Waals surface area (Å²) < 4.78 is 24.6. The predicted octanol–water partition coefficient (Wildman–Crippen LogP) is 5.37. The number of ether oxygens (including phenoxy) is 2. The summed E-state index contributed by atoms with van der Waals surface area (Å²) in [6.07, 6.45) is 4.90. The molecule has 0 unspecified atom stereocenters. The van der Waals surface area contributed by atoms with E-state index in [-0.39, 0.29) is 30.9 Å². The maximum atomic E-state index is 14.1. The van der Waals surface area contributed by atoms with E-state index in [2.05, 4.69) is 20.7 Å². The molecule has 0 aliphatic heterocycles. The van der Waals surface area contributed by atoms with Crippen molar-refractivity contribution in [3.63, 3.8) is 0 Å². The van der Waals surface area contributed by atoms with Crippen molar-refractivity contribution in [2.24, 2.45) is 0 Å². The number of rotatable bonds is 11. The van der Waals surface area contributed by atoms with Crippen molar-refractivity contribution in [2.75, 3.05) is 14.2 Å². The summed E-state index contributed by atoms with van der Waals surface area (Å²) in [5.41, 5.74) is 1.74. The zero-order valence-electron chi connectivity index (χ0n) is 24.6. The van der Waals surface area contributed by atoms with Gasteiger partial charge in [0.2, 0.25) is 17.6 Å². The molecule has 1 aromatic heterocycles. The average molecular weight is 621 g/mol. The van der Waals surface area contributed by atoms with Crippen LogP contribution < -0.4 is 14.8 Å². The van der Waals surface area contributed by atoms with Crippen LogP contribution in [0.2, 0.25) is 5.02 Å². The van der Waals surface area contributed by atoms with Gasteiger partial charge in [0, 0.05) is 23.2 Å². The van der Waals surface area contributed by atoms with Gasteiger partial charge < -0.3 is 19.7 Å². The summed E-state index contributed by atoms with van der Waals surface area (Å²) in [5, 5.41) is 16.2. The minimum absolute atomic E-state index is 0.00232. The standard InChI is InChI=1S/C32H34ClFN6O4/c1-43-27-17-14-22(18-28(27)44-2)31-36-38-40(37-31)20-29(41)39(19-23-8-6-7-11-26(23)33)30(21-12-15-24(34)16-13-21)32(42)35-25-9-4-3-5-10-25/h6-8,11-18,25,30H,3-5,9-10,19-20H2,1-2H3,(H,35,42)/t30-/m0/s1. The molecule has 0 radical (unpaired) electrons. The lowest BCUT2D eigenvalue weighted by molar-refractivity contribution is -0.142. The minimum atomic E-state index is -1.06. The zero-order valence-corrected chi connectivity index (χ0v) is 25.3. The van der Waals surface area contributed by atoms with Crippen molar-refractivity contribution < 1.29 is 23.5 Å². The maximum Gasteiger partial charge on any atom is 0.247 e. The smallest absolute Gasteiger partial charge is 0.247 e. The van der Waals surface area contributed by atoms with Crippen LogP contribution in [-0.4, -0.2) is 57.2 Å². The number of hydrogen-bond acceptors (Lipinski definition) is 7. The summed E-state index contributed by atoms with van der Waals surface area (Å²) in [6, 6.07) is 16.9. The lowest BCUT2D eigenvalue weighted by Gasteiger charge is -2.33. The highest BCUT2D eigenvalue weighted by atomic mass is 35.5. The second kappa shape index (κ2) is 14.3. The largest absolute Gasteiger partial charge is 0.493 e. The van der Waals surface area contributed by atoms with E-state index in [4.69, 9.17) is 21.1 Å². The fraction of sp³-hybridized carbons (Fsp3) is 0.344. The van der Waals surface area contributed by atoms with Crippen LogP contribution in [0.3, 0.4) is 0 Å². The normalized spacial score (nSPS) is 14.1. The van der Waals surface area contributed by atoms with Crippen molar-refractivity contribution in [1.82, 2.24) is 30.4 Å². The second-order valence-electron chi connectivity index (χ2n) is 10.6. The third kappa shape index (κ3) is 7.34. The first-order chi connectivity index (χ1) is 21.4. The molecule has 44 heavy (non-hydrogen) atoms. The number of halogens is 2. The number of amides is 2. The predicted molar refractivity (Wildman–Crippen MR) is 163 cm³/mol. The van der Waals surface area contributed by atoms with E-state index in [1.54, 1.807) is 43.5 Å². The summed E-state index contributed by atoms with van der Waals surface area (Å²) >= 11 is 6.51. The van der Waals surface area contributed by atoms with Gasteiger partial charge in [-0.15, -0.1) is 10.2 Å². The molecule has 0 bridgehead atoms. The van der Waals surface area contributed by atoms with Gasteiger partial charge in [-0.25, -0.2) is 4.39 Å². The molecule has 1 heterocycles. The van der Waals surface area contributed by atoms with Crippen LogP contribution in [0.5, 0.6) is 11.5 Å². The van der Waals surface area contributed by atoms with Crippen LogP contribution in [0.4, 0.5) is 4.39 Å². The molecular weight excluding hydrogens is 587 g/mol. The number of benzene rings is 3. The van der Waals surface area contributed by atoms with Crippen LogP contribution in [-0.2, 0) is 22.7 Å². The van der Waals surface area contributed by atoms with Gasteiger partial charge in [0.1, 0.15) is 18.4 Å². The van der Waals surface area contributed by atoms with Gasteiger partial charge in [-0.3, -0.25) is 9.59 Å². The Morgan fingerprint density at radius 2 is 1.75 bits per heavy atom. The highest BCUT2D eigenvalue weighted by Gasteiger charge is 2.34. The fourth-order valence-electron chi connectivity index (χ4n) is 5.39. The first-order valence-corrected chi connectivity index (χ1v) is 14.8. The molecule has 0 saturated heterocycles. The van der Waals surface area contributed by atoms with Crippen LogP contribution in [0.1, 0.15) is 49.3 Å². The van der Waals surface area contributed by atoms with Gasteiger partial charge >= 0.3 is 0 Å². The lowest BCUT2D eigenvalue weighted by Crippen LogP contribution is -2.47. The van der Waals surface area contributed by atoms with Crippen molar-refractivity contribution in [3.8, 4) is 22.9 Å². The van der Waals surface area contributed by atoms with Gasteiger partial charge in [0.25, 0.3) is 0 Å². The Hall–Kier alpha value is -4.51. The Labute approximate surface area is 260 Å². The molecule has 1 atom stereocenters. The molecule has 1 aliphatic carbocycles. The molecule has 4 aromatic rings. The molecule has 12 heteroatoms. The average Bonchev–Trinajstić information content (AvgIpc) is 3.51. The number of nitrogens with one attached hydrogen (secondary N) is 1. The summed E-state index contributed by atoms with van der Waals surface area (Å²) in [5.74, 6) is 0.0813. The van der Waals surface area contributed by atoms with Gasteiger partial charge in [0.15, 0.2) is 11.5 Å². The number of hydrogen-bond donors (Lipinski definition) is 1. The number of aromatic nitrogens is 4. The fourth-order valence-corrected chi connectivity index (χ4v) is 5.59. The second-order valence-corrected chi connectivity index (χ2v) is 11.0. The molecule has 1 fully saturated rings. The number of nitrogens with zero attached hydrogens (tertiary/aromatic N) is 5. The Kier molecular flexibility index (Phi) is 10.1. The highest BCUT2D eigenvalue weighted by Crippen LogP contribution is 2.31. The highest BCUT2D eigenvalue weighted by molar-refractivity contribution is 6.31. The Morgan fingerprint density at radius 1 is 1.02 bits per heavy atom. The van der Waals surface area contributed by atoms with Crippen molar-refractivity contribution in [1.29, 1.82) is 0 Å². The van der Waals surface area contributed by atoms with E-state index in [1.165, 1.54) is 41.1 Å². The molecule has 1 saturated carbocycles. The van der Waals surface area contributed by atoms with E-state index < -0.39 is 17.8 Å². The topological polar surface area (TPSA) is 111 Å². The number of tetrazole rings is 1. The Morgan fingerprint density at radius 3 is 2.45 bits per heavy atom. The number of methoxy groups -OCH3 is 2.